The lowest BCUT2D eigenvalue weighted by molar-refractivity contribution is -0.136. The van der Waals surface area contributed by atoms with Crippen molar-refractivity contribution in [1.82, 2.24) is 9.78 Å². The van der Waals surface area contributed by atoms with Crippen LogP contribution in [0.5, 0.6) is 5.75 Å². The van der Waals surface area contributed by atoms with Crippen molar-refractivity contribution in [3.8, 4) is 11.4 Å². The van der Waals surface area contributed by atoms with Gasteiger partial charge in [-0.25, -0.2) is 0 Å². The predicted molar refractivity (Wildman–Crippen MR) is 72.2 cm³/mol. The van der Waals surface area contributed by atoms with Gasteiger partial charge in [0.25, 0.3) is 5.56 Å². The van der Waals surface area contributed by atoms with E-state index in [1.807, 2.05) is 19.1 Å². The molecule has 2 N–H and O–H groups in total. The van der Waals surface area contributed by atoms with Gasteiger partial charge in [0.2, 0.25) is 0 Å². The van der Waals surface area contributed by atoms with E-state index < -0.39 is 11.5 Å². The molecular weight excluding hydrogens is 260 g/mol. The van der Waals surface area contributed by atoms with Gasteiger partial charge in [0.1, 0.15) is 11.4 Å². The van der Waals surface area contributed by atoms with Crippen LogP contribution in [0.1, 0.15) is 17.7 Å². The van der Waals surface area contributed by atoms with Crippen molar-refractivity contribution in [3.05, 3.63) is 51.9 Å². The fraction of sp³-hybridized carbons (Fsp3) is 0.214. The minimum atomic E-state index is -0.987. The SMILES string of the molecule is Cc1ccc(-n2nc(CCC(=O)O)c(O)cc2=O)cc1. The molecular formula is C14H14N2O4. The number of rotatable bonds is 4. The quantitative estimate of drug-likeness (QED) is 0.875. The van der Waals surface area contributed by atoms with Crippen LogP contribution in [0.15, 0.2) is 35.1 Å². The molecule has 1 aromatic heterocycles. The molecule has 0 fully saturated rings. The molecule has 0 unspecified atom stereocenters. The molecule has 6 heteroatoms. The fourth-order valence-electron chi connectivity index (χ4n) is 1.76. The molecule has 2 rings (SSSR count). The predicted octanol–water partition coefficient (Wildman–Crippen LogP) is 1.26. The van der Waals surface area contributed by atoms with Crippen LogP contribution in [-0.2, 0) is 11.2 Å². The molecule has 0 aliphatic carbocycles. The Hall–Kier alpha value is -2.63. The van der Waals surface area contributed by atoms with Gasteiger partial charge in [0.15, 0.2) is 0 Å². The fourth-order valence-corrected chi connectivity index (χ4v) is 1.76. The Balaban J connectivity index is 2.43. The van der Waals surface area contributed by atoms with Crippen LogP contribution in [0.25, 0.3) is 5.69 Å². The van der Waals surface area contributed by atoms with E-state index in [9.17, 15) is 14.7 Å². The molecule has 0 amide bonds. The molecule has 0 saturated heterocycles. The number of aryl methyl sites for hydroxylation is 2. The summed E-state index contributed by atoms with van der Waals surface area (Å²) in [5.74, 6) is -1.26. The maximum Gasteiger partial charge on any atom is 0.303 e. The van der Waals surface area contributed by atoms with Crippen LogP contribution in [0.3, 0.4) is 0 Å². The molecule has 2 aromatic rings. The maximum absolute atomic E-state index is 11.8. The number of aromatic nitrogens is 2. The minimum Gasteiger partial charge on any atom is -0.506 e. The summed E-state index contributed by atoms with van der Waals surface area (Å²) in [5, 5.41) is 22.3. The Kier molecular flexibility index (Phi) is 3.84. The van der Waals surface area contributed by atoms with Gasteiger partial charge in [-0.2, -0.15) is 9.78 Å². The Bertz CT molecular complexity index is 689. The smallest absolute Gasteiger partial charge is 0.303 e. The van der Waals surface area contributed by atoms with Crippen LogP contribution >= 0.6 is 0 Å². The Morgan fingerprint density at radius 2 is 1.95 bits per heavy atom. The number of benzene rings is 1. The van der Waals surface area contributed by atoms with Crippen molar-refractivity contribution in [1.29, 1.82) is 0 Å². The summed E-state index contributed by atoms with van der Waals surface area (Å²) >= 11 is 0. The van der Waals surface area contributed by atoms with Gasteiger partial charge >= 0.3 is 5.97 Å². The minimum absolute atomic E-state index is 0.0628. The lowest BCUT2D eigenvalue weighted by Crippen LogP contribution is -2.21. The summed E-state index contributed by atoms with van der Waals surface area (Å²) in [5.41, 5.74) is 1.34. The van der Waals surface area contributed by atoms with Gasteiger partial charge < -0.3 is 10.2 Å². The standard InChI is InChI=1S/C14H14N2O4/c1-9-2-4-10(5-3-9)16-13(18)8-12(17)11(15-16)6-7-14(19)20/h2-5,8,17H,6-7H2,1H3,(H,19,20). The van der Waals surface area contributed by atoms with E-state index >= 15 is 0 Å². The zero-order chi connectivity index (χ0) is 14.7. The average Bonchev–Trinajstić information content (AvgIpc) is 2.39. The monoisotopic (exact) mass is 274 g/mol. The molecule has 0 saturated carbocycles. The van der Waals surface area contributed by atoms with E-state index in [1.54, 1.807) is 12.1 Å². The molecule has 6 nitrogen and oxygen atoms in total. The van der Waals surface area contributed by atoms with Gasteiger partial charge in [0, 0.05) is 12.5 Å². The van der Waals surface area contributed by atoms with Crippen molar-refractivity contribution >= 4 is 5.97 Å². The summed E-state index contributed by atoms with van der Waals surface area (Å²) in [6, 6.07) is 8.20. The van der Waals surface area contributed by atoms with Gasteiger partial charge in [-0.05, 0) is 19.1 Å². The Morgan fingerprint density at radius 3 is 2.55 bits per heavy atom. The van der Waals surface area contributed by atoms with E-state index in [4.69, 9.17) is 5.11 Å². The zero-order valence-corrected chi connectivity index (χ0v) is 10.9. The second kappa shape index (κ2) is 5.56. The molecule has 1 heterocycles. The van der Waals surface area contributed by atoms with Gasteiger partial charge in [-0.3, -0.25) is 9.59 Å². The highest BCUT2D eigenvalue weighted by atomic mass is 16.4. The van der Waals surface area contributed by atoms with Crippen molar-refractivity contribution in [3.63, 3.8) is 0 Å². The average molecular weight is 274 g/mol. The summed E-state index contributed by atoms with van der Waals surface area (Å²) in [7, 11) is 0. The second-order valence-electron chi connectivity index (χ2n) is 4.46. The number of carboxylic acids is 1. The van der Waals surface area contributed by atoms with Crippen LogP contribution in [0.4, 0.5) is 0 Å². The van der Waals surface area contributed by atoms with Crippen molar-refractivity contribution in [2.24, 2.45) is 0 Å². The summed E-state index contributed by atoms with van der Waals surface area (Å²) in [6.07, 6.45) is -0.0973. The summed E-state index contributed by atoms with van der Waals surface area (Å²) in [6.45, 7) is 1.93. The first-order chi connectivity index (χ1) is 9.47. The Morgan fingerprint density at radius 1 is 1.30 bits per heavy atom. The number of hydrogen-bond donors (Lipinski definition) is 2. The van der Waals surface area contributed by atoms with Crippen LogP contribution in [-0.4, -0.2) is 26.0 Å². The molecule has 0 aliphatic rings. The lowest BCUT2D eigenvalue weighted by atomic mass is 10.2. The summed E-state index contributed by atoms with van der Waals surface area (Å²) in [4.78, 5) is 22.4. The molecule has 0 aliphatic heterocycles. The zero-order valence-electron chi connectivity index (χ0n) is 10.9. The van der Waals surface area contributed by atoms with E-state index in [2.05, 4.69) is 5.10 Å². The third kappa shape index (κ3) is 3.03. The van der Waals surface area contributed by atoms with Crippen LogP contribution < -0.4 is 5.56 Å². The lowest BCUT2D eigenvalue weighted by Gasteiger charge is -2.08. The number of hydrogen-bond acceptors (Lipinski definition) is 4. The largest absolute Gasteiger partial charge is 0.506 e. The first-order valence-corrected chi connectivity index (χ1v) is 6.08. The molecule has 0 spiro atoms. The van der Waals surface area contributed by atoms with Crippen molar-refractivity contribution in [2.45, 2.75) is 19.8 Å². The number of aromatic hydroxyl groups is 1. The maximum atomic E-state index is 11.8. The highest BCUT2D eigenvalue weighted by Crippen LogP contribution is 2.14. The highest BCUT2D eigenvalue weighted by Gasteiger charge is 2.10. The van der Waals surface area contributed by atoms with Gasteiger partial charge in [0.05, 0.1) is 12.1 Å². The van der Waals surface area contributed by atoms with Crippen LogP contribution in [0, 0.1) is 6.92 Å². The third-order valence-electron chi connectivity index (χ3n) is 2.84. The summed E-state index contributed by atoms with van der Waals surface area (Å²) < 4.78 is 1.15. The van der Waals surface area contributed by atoms with Crippen LogP contribution in [0.2, 0.25) is 0 Å². The van der Waals surface area contributed by atoms with Gasteiger partial charge in [-0.1, -0.05) is 17.7 Å². The van der Waals surface area contributed by atoms with E-state index in [-0.39, 0.29) is 24.3 Å². The normalized spacial score (nSPS) is 10.4. The number of carboxylic acid groups (broad SMARTS) is 1. The molecule has 0 bridgehead atoms. The number of aliphatic carboxylic acids is 1. The van der Waals surface area contributed by atoms with E-state index in [1.165, 1.54) is 0 Å². The number of nitrogens with zero attached hydrogens (tertiary/aromatic N) is 2. The molecule has 0 radical (unpaired) electrons. The third-order valence-corrected chi connectivity index (χ3v) is 2.84. The van der Waals surface area contributed by atoms with E-state index in [0.29, 0.717) is 5.69 Å². The van der Waals surface area contributed by atoms with Crippen molar-refractivity contribution < 1.29 is 15.0 Å². The van der Waals surface area contributed by atoms with Gasteiger partial charge in [-0.15, -0.1) is 0 Å². The highest BCUT2D eigenvalue weighted by molar-refractivity contribution is 5.67. The topological polar surface area (TPSA) is 92.4 Å². The Labute approximate surface area is 114 Å². The first kappa shape index (κ1) is 13.8. The molecule has 20 heavy (non-hydrogen) atoms. The van der Waals surface area contributed by atoms with Crippen molar-refractivity contribution in [2.75, 3.05) is 0 Å². The molecule has 0 atom stereocenters. The second-order valence-corrected chi connectivity index (χ2v) is 4.46. The first-order valence-electron chi connectivity index (χ1n) is 6.08. The molecule has 104 valence electrons. The molecule has 1 aromatic carbocycles. The van der Waals surface area contributed by atoms with E-state index in [0.717, 1.165) is 16.3 Å². The number of carbonyl (C=O) groups is 1.